The van der Waals surface area contributed by atoms with E-state index in [0.717, 1.165) is 28.6 Å². The minimum Gasteiger partial charge on any atom is -0.493 e. The van der Waals surface area contributed by atoms with Gasteiger partial charge in [0.25, 0.3) is 0 Å². The van der Waals surface area contributed by atoms with E-state index in [4.69, 9.17) is 21.1 Å². The SMILES string of the molecule is COc1cccc(C[NH2+]C2CCCCCCC2)c1OCc1ccccc1Cl. The summed E-state index contributed by atoms with van der Waals surface area (Å²) in [4.78, 5) is 0. The number of quaternary nitrogens is 1. The maximum absolute atomic E-state index is 6.28. The minimum atomic E-state index is 0.441. The highest BCUT2D eigenvalue weighted by molar-refractivity contribution is 6.31. The zero-order valence-electron chi connectivity index (χ0n) is 16.3. The van der Waals surface area contributed by atoms with Gasteiger partial charge in [-0.3, -0.25) is 0 Å². The van der Waals surface area contributed by atoms with Gasteiger partial charge >= 0.3 is 0 Å². The molecule has 0 atom stereocenters. The predicted octanol–water partition coefficient (Wildman–Crippen LogP) is 5.10. The normalized spacial score (nSPS) is 15.8. The molecule has 3 rings (SSSR count). The molecule has 2 aromatic rings. The van der Waals surface area contributed by atoms with Crippen molar-refractivity contribution in [2.45, 2.75) is 64.1 Å². The molecule has 0 aromatic heterocycles. The van der Waals surface area contributed by atoms with Crippen LogP contribution in [0.15, 0.2) is 42.5 Å². The van der Waals surface area contributed by atoms with Gasteiger partial charge in [-0.2, -0.15) is 0 Å². The van der Waals surface area contributed by atoms with Crippen LogP contribution in [-0.4, -0.2) is 13.2 Å². The Labute approximate surface area is 168 Å². The van der Waals surface area contributed by atoms with Gasteiger partial charge in [0.15, 0.2) is 11.5 Å². The summed E-state index contributed by atoms with van der Waals surface area (Å²) in [7, 11) is 1.69. The predicted molar refractivity (Wildman–Crippen MR) is 111 cm³/mol. The molecule has 2 aromatic carbocycles. The maximum atomic E-state index is 6.28. The summed E-state index contributed by atoms with van der Waals surface area (Å²) >= 11 is 6.28. The fourth-order valence-electron chi connectivity index (χ4n) is 3.83. The zero-order chi connectivity index (χ0) is 18.9. The van der Waals surface area contributed by atoms with Gasteiger partial charge < -0.3 is 14.8 Å². The molecule has 0 unspecified atom stereocenters. The maximum Gasteiger partial charge on any atom is 0.170 e. The highest BCUT2D eigenvalue weighted by Gasteiger charge is 2.17. The number of benzene rings is 2. The van der Waals surface area contributed by atoms with Gasteiger partial charge in [-0.25, -0.2) is 0 Å². The van der Waals surface area contributed by atoms with Gasteiger partial charge in [0.05, 0.1) is 18.7 Å². The van der Waals surface area contributed by atoms with Crippen molar-refractivity contribution in [2.24, 2.45) is 0 Å². The molecule has 27 heavy (non-hydrogen) atoms. The average Bonchev–Trinajstić information content (AvgIpc) is 2.66. The molecular formula is C23H31ClNO2+. The molecule has 146 valence electrons. The molecule has 0 heterocycles. The highest BCUT2D eigenvalue weighted by atomic mass is 35.5. The Morgan fingerprint density at radius 3 is 2.37 bits per heavy atom. The number of rotatable bonds is 7. The number of hydrogen-bond donors (Lipinski definition) is 1. The van der Waals surface area contributed by atoms with Crippen molar-refractivity contribution < 1.29 is 14.8 Å². The van der Waals surface area contributed by atoms with Crippen molar-refractivity contribution in [2.75, 3.05) is 7.11 Å². The van der Waals surface area contributed by atoms with Gasteiger partial charge in [0.2, 0.25) is 0 Å². The summed E-state index contributed by atoms with van der Waals surface area (Å²) in [5, 5.41) is 3.22. The molecular weight excluding hydrogens is 358 g/mol. The van der Waals surface area contributed by atoms with Crippen LogP contribution < -0.4 is 14.8 Å². The van der Waals surface area contributed by atoms with E-state index in [1.54, 1.807) is 7.11 Å². The van der Waals surface area contributed by atoms with Crippen molar-refractivity contribution in [1.29, 1.82) is 0 Å². The van der Waals surface area contributed by atoms with Gasteiger partial charge in [0.1, 0.15) is 13.2 Å². The fourth-order valence-corrected chi connectivity index (χ4v) is 4.02. The number of para-hydroxylation sites is 1. The van der Waals surface area contributed by atoms with E-state index >= 15 is 0 Å². The molecule has 0 radical (unpaired) electrons. The average molecular weight is 389 g/mol. The molecule has 0 saturated heterocycles. The van der Waals surface area contributed by atoms with E-state index in [-0.39, 0.29) is 0 Å². The van der Waals surface area contributed by atoms with Crippen molar-refractivity contribution in [1.82, 2.24) is 0 Å². The van der Waals surface area contributed by atoms with Crippen LogP contribution in [0.3, 0.4) is 0 Å². The number of ether oxygens (including phenoxy) is 2. The van der Waals surface area contributed by atoms with Crippen LogP contribution >= 0.6 is 11.6 Å². The summed E-state index contributed by atoms with van der Waals surface area (Å²) in [6.07, 6.45) is 9.53. The van der Waals surface area contributed by atoms with Gasteiger partial charge in [-0.15, -0.1) is 0 Å². The first-order valence-corrected chi connectivity index (χ1v) is 10.5. The van der Waals surface area contributed by atoms with Crippen LogP contribution in [0.25, 0.3) is 0 Å². The van der Waals surface area contributed by atoms with Crippen molar-refractivity contribution in [3.63, 3.8) is 0 Å². The van der Waals surface area contributed by atoms with Crippen LogP contribution in [0.4, 0.5) is 0 Å². The Balaban J connectivity index is 1.68. The lowest BCUT2D eigenvalue weighted by molar-refractivity contribution is -0.706. The standard InChI is InChI=1S/C23H30ClNO2/c1-26-22-15-9-11-18(16-25-20-12-5-3-2-4-6-13-20)23(22)27-17-19-10-7-8-14-21(19)24/h7-11,14-15,20,25H,2-6,12-13,16-17H2,1H3/p+1. The molecule has 1 aliphatic rings. The van der Waals surface area contributed by atoms with E-state index in [0.29, 0.717) is 12.6 Å². The lowest BCUT2D eigenvalue weighted by Gasteiger charge is -2.20. The molecule has 1 aliphatic carbocycles. The Hall–Kier alpha value is -1.71. The first kappa shape index (κ1) is 20.0. The zero-order valence-corrected chi connectivity index (χ0v) is 17.0. The van der Waals surface area contributed by atoms with Crippen LogP contribution in [0, 0.1) is 0 Å². The van der Waals surface area contributed by atoms with E-state index in [2.05, 4.69) is 11.4 Å². The first-order valence-electron chi connectivity index (χ1n) is 10.1. The number of nitrogens with two attached hydrogens (primary N) is 1. The Kier molecular flexibility index (Phi) is 7.85. The van der Waals surface area contributed by atoms with Crippen LogP contribution in [0.1, 0.15) is 56.1 Å². The largest absolute Gasteiger partial charge is 0.493 e. The third kappa shape index (κ3) is 5.88. The monoisotopic (exact) mass is 388 g/mol. The van der Waals surface area contributed by atoms with Crippen molar-refractivity contribution in [3.05, 3.63) is 58.6 Å². The molecule has 0 amide bonds. The van der Waals surface area contributed by atoms with Gasteiger partial charge in [-0.1, -0.05) is 55.1 Å². The van der Waals surface area contributed by atoms with Gasteiger partial charge in [-0.05, 0) is 43.9 Å². The van der Waals surface area contributed by atoms with Crippen LogP contribution in [0.2, 0.25) is 5.02 Å². The summed E-state index contributed by atoms with van der Waals surface area (Å²) in [5.74, 6) is 1.62. The highest BCUT2D eigenvalue weighted by Crippen LogP contribution is 2.32. The molecule has 4 heteroatoms. The van der Waals surface area contributed by atoms with Crippen LogP contribution in [-0.2, 0) is 13.2 Å². The number of methoxy groups -OCH3 is 1. The second kappa shape index (κ2) is 10.6. The topological polar surface area (TPSA) is 35.1 Å². The quantitative estimate of drug-likeness (QED) is 0.715. The molecule has 0 bridgehead atoms. The Morgan fingerprint density at radius 1 is 0.926 bits per heavy atom. The number of halogens is 1. The fraction of sp³-hybridized carbons (Fsp3) is 0.478. The third-order valence-corrected chi connectivity index (χ3v) is 5.80. The Bertz CT molecular complexity index is 711. The van der Waals surface area contributed by atoms with Crippen molar-refractivity contribution in [3.8, 4) is 11.5 Å². The molecule has 1 fully saturated rings. The van der Waals surface area contributed by atoms with E-state index in [9.17, 15) is 0 Å². The van der Waals surface area contributed by atoms with Crippen LogP contribution in [0.5, 0.6) is 11.5 Å². The molecule has 1 saturated carbocycles. The van der Waals surface area contributed by atoms with Crippen molar-refractivity contribution >= 4 is 11.6 Å². The molecule has 0 aliphatic heterocycles. The lowest BCUT2D eigenvalue weighted by atomic mass is 9.96. The van der Waals surface area contributed by atoms with E-state index < -0.39 is 0 Å². The summed E-state index contributed by atoms with van der Waals surface area (Å²) in [6.45, 7) is 1.36. The molecule has 3 nitrogen and oxygen atoms in total. The lowest BCUT2D eigenvalue weighted by Crippen LogP contribution is -2.88. The minimum absolute atomic E-state index is 0.441. The second-order valence-corrected chi connectivity index (χ2v) is 7.78. The summed E-state index contributed by atoms with van der Waals surface area (Å²) < 4.78 is 11.7. The molecule has 2 N–H and O–H groups in total. The van der Waals surface area contributed by atoms with E-state index in [1.807, 2.05) is 36.4 Å². The van der Waals surface area contributed by atoms with Gasteiger partial charge in [0, 0.05) is 10.6 Å². The molecule has 0 spiro atoms. The Morgan fingerprint density at radius 2 is 1.63 bits per heavy atom. The summed E-state index contributed by atoms with van der Waals surface area (Å²) in [6, 6.07) is 14.7. The second-order valence-electron chi connectivity index (χ2n) is 7.37. The number of hydrogen-bond acceptors (Lipinski definition) is 2. The third-order valence-electron chi connectivity index (χ3n) is 5.43. The smallest absolute Gasteiger partial charge is 0.170 e. The first-order chi connectivity index (χ1) is 13.3. The van der Waals surface area contributed by atoms with E-state index in [1.165, 1.54) is 50.5 Å². The summed E-state index contributed by atoms with van der Waals surface area (Å²) in [5.41, 5.74) is 2.17.